The highest BCUT2D eigenvalue weighted by molar-refractivity contribution is 7.20. The van der Waals surface area contributed by atoms with E-state index >= 15 is 0 Å². The standard InChI is InChI=1S/C20H19N5O3S/c1-12-7-6-10-15(13(12)2)28-11-17(26)21-19-24-25-18(22-23-20(25)29-19)14-8-4-5-9-16(14)27-3/h4-10H,11H2,1-3H3,(H,21,24,26). The highest BCUT2D eigenvalue weighted by Crippen LogP contribution is 2.30. The summed E-state index contributed by atoms with van der Waals surface area (Å²) < 4.78 is 12.6. The smallest absolute Gasteiger partial charge is 0.264 e. The molecular weight excluding hydrogens is 390 g/mol. The second-order valence-corrected chi connectivity index (χ2v) is 7.32. The van der Waals surface area contributed by atoms with Crippen LogP contribution in [-0.4, -0.2) is 39.4 Å². The monoisotopic (exact) mass is 409 g/mol. The van der Waals surface area contributed by atoms with Gasteiger partial charge in [-0.3, -0.25) is 10.1 Å². The molecule has 9 heteroatoms. The van der Waals surface area contributed by atoms with E-state index in [4.69, 9.17) is 9.47 Å². The number of hydrogen-bond donors (Lipinski definition) is 1. The highest BCUT2D eigenvalue weighted by atomic mass is 32.1. The SMILES string of the molecule is COc1ccccc1-c1nnc2sc(NC(=O)COc3cccc(C)c3C)nn12. The van der Waals surface area contributed by atoms with Crippen molar-refractivity contribution in [1.29, 1.82) is 0 Å². The summed E-state index contributed by atoms with van der Waals surface area (Å²) in [4.78, 5) is 12.9. The molecule has 0 saturated heterocycles. The lowest BCUT2D eigenvalue weighted by Gasteiger charge is -2.10. The molecule has 2 aromatic heterocycles. The molecule has 4 rings (SSSR count). The van der Waals surface area contributed by atoms with Crippen LogP contribution < -0.4 is 14.8 Å². The summed E-state index contributed by atoms with van der Waals surface area (Å²) in [5.41, 5.74) is 2.89. The fourth-order valence-electron chi connectivity index (χ4n) is 2.84. The maximum Gasteiger partial charge on any atom is 0.264 e. The highest BCUT2D eigenvalue weighted by Gasteiger charge is 2.17. The Bertz CT molecular complexity index is 1180. The van der Waals surface area contributed by atoms with Gasteiger partial charge in [0.1, 0.15) is 11.5 Å². The van der Waals surface area contributed by atoms with E-state index in [0.29, 0.717) is 27.4 Å². The lowest BCUT2D eigenvalue weighted by molar-refractivity contribution is -0.118. The van der Waals surface area contributed by atoms with Gasteiger partial charge in [0, 0.05) is 0 Å². The van der Waals surface area contributed by atoms with Crippen molar-refractivity contribution in [2.75, 3.05) is 19.0 Å². The topological polar surface area (TPSA) is 90.6 Å². The molecule has 0 radical (unpaired) electrons. The molecule has 1 N–H and O–H groups in total. The molecule has 29 heavy (non-hydrogen) atoms. The number of amides is 1. The van der Waals surface area contributed by atoms with E-state index in [1.165, 1.54) is 11.3 Å². The predicted octanol–water partition coefficient (Wildman–Crippen LogP) is 3.50. The summed E-state index contributed by atoms with van der Waals surface area (Å²) in [7, 11) is 1.60. The Hall–Kier alpha value is -3.46. The first kappa shape index (κ1) is 18.9. The van der Waals surface area contributed by atoms with Crippen molar-refractivity contribution in [2.24, 2.45) is 0 Å². The fraction of sp³-hybridized carbons (Fsp3) is 0.200. The molecule has 0 bridgehead atoms. The van der Waals surface area contributed by atoms with Crippen molar-refractivity contribution in [1.82, 2.24) is 19.8 Å². The van der Waals surface area contributed by atoms with Crippen LogP contribution in [0.5, 0.6) is 11.5 Å². The molecule has 0 fully saturated rings. The number of anilines is 1. The van der Waals surface area contributed by atoms with Crippen LogP contribution in [0.25, 0.3) is 16.3 Å². The first-order valence-corrected chi connectivity index (χ1v) is 9.73. The van der Waals surface area contributed by atoms with Gasteiger partial charge in [-0.2, -0.15) is 4.52 Å². The number of fused-ring (bicyclic) bond motifs is 1. The number of carbonyl (C=O) groups excluding carboxylic acids is 1. The Balaban J connectivity index is 1.50. The number of methoxy groups -OCH3 is 1. The minimum Gasteiger partial charge on any atom is -0.496 e. The molecule has 0 spiro atoms. The van der Waals surface area contributed by atoms with Gasteiger partial charge >= 0.3 is 0 Å². The van der Waals surface area contributed by atoms with Crippen molar-refractivity contribution >= 4 is 27.3 Å². The number of hydrogen-bond acceptors (Lipinski definition) is 7. The van der Waals surface area contributed by atoms with Gasteiger partial charge in [0.2, 0.25) is 10.1 Å². The Morgan fingerprint density at radius 3 is 2.72 bits per heavy atom. The van der Waals surface area contributed by atoms with Gasteiger partial charge in [0.25, 0.3) is 5.91 Å². The second kappa shape index (κ2) is 7.88. The van der Waals surface area contributed by atoms with E-state index in [1.54, 1.807) is 11.6 Å². The summed E-state index contributed by atoms with van der Waals surface area (Å²) in [5.74, 6) is 1.61. The largest absolute Gasteiger partial charge is 0.496 e. The Morgan fingerprint density at radius 2 is 1.90 bits per heavy atom. The van der Waals surface area contributed by atoms with Gasteiger partial charge in [0.05, 0.1) is 12.7 Å². The molecule has 4 aromatic rings. The molecular formula is C20H19N5O3S. The molecule has 8 nitrogen and oxygen atoms in total. The van der Waals surface area contributed by atoms with E-state index in [1.807, 2.05) is 56.3 Å². The van der Waals surface area contributed by atoms with E-state index in [2.05, 4.69) is 20.6 Å². The molecule has 2 aromatic carbocycles. The maximum atomic E-state index is 12.3. The number of carbonyl (C=O) groups is 1. The molecule has 2 heterocycles. The van der Waals surface area contributed by atoms with Crippen molar-refractivity contribution in [3.05, 3.63) is 53.6 Å². The lowest BCUT2D eigenvalue weighted by Crippen LogP contribution is -2.20. The van der Waals surface area contributed by atoms with Gasteiger partial charge in [-0.05, 0) is 43.2 Å². The minimum absolute atomic E-state index is 0.107. The summed E-state index contributed by atoms with van der Waals surface area (Å²) in [6.45, 7) is 3.86. The fourth-order valence-corrected chi connectivity index (χ4v) is 3.60. The molecule has 0 aliphatic carbocycles. The van der Waals surface area contributed by atoms with Crippen LogP contribution >= 0.6 is 11.3 Å². The third-order valence-corrected chi connectivity index (χ3v) is 5.31. The Labute approximate surface area is 171 Å². The van der Waals surface area contributed by atoms with Crippen molar-refractivity contribution in [2.45, 2.75) is 13.8 Å². The van der Waals surface area contributed by atoms with Crippen LogP contribution in [0.3, 0.4) is 0 Å². The second-order valence-electron chi connectivity index (χ2n) is 6.36. The first-order valence-electron chi connectivity index (χ1n) is 8.91. The van der Waals surface area contributed by atoms with Crippen LogP contribution in [0.15, 0.2) is 42.5 Å². The molecule has 0 aliphatic heterocycles. The summed E-state index contributed by atoms with van der Waals surface area (Å²) in [6, 6.07) is 13.2. The van der Waals surface area contributed by atoms with Gasteiger partial charge < -0.3 is 9.47 Å². The molecule has 0 saturated carbocycles. The minimum atomic E-state index is -0.297. The van der Waals surface area contributed by atoms with Crippen molar-refractivity contribution in [3.8, 4) is 22.9 Å². The Morgan fingerprint density at radius 1 is 1.10 bits per heavy atom. The zero-order valence-electron chi connectivity index (χ0n) is 16.2. The number of rotatable bonds is 6. The number of ether oxygens (including phenoxy) is 2. The van der Waals surface area contributed by atoms with Crippen LogP contribution in [0.2, 0.25) is 0 Å². The first-order chi connectivity index (χ1) is 14.1. The normalized spacial score (nSPS) is 10.9. The third-order valence-electron chi connectivity index (χ3n) is 4.50. The van der Waals surface area contributed by atoms with Crippen molar-refractivity contribution < 1.29 is 14.3 Å². The number of nitrogens with one attached hydrogen (secondary N) is 1. The molecule has 1 amide bonds. The van der Waals surface area contributed by atoms with Gasteiger partial charge in [0.15, 0.2) is 12.4 Å². The van der Waals surface area contributed by atoms with Gasteiger partial charge in [-0.25, -0.2) is 0 Å². The van der Waals surface area contributed by atoms with E-state index in [-0.39, 0.29) is 12.5 Å². The lowest BCUT2D eigenvalue weighted by atomic mass is 10.1. The molecule has 0 unspecified atom stereocenters. The molecule has 148 valence electrons. The number of para-hydroxylation sites is 1. The zero-order chi connectivity index (χ0) is 20.4. The number of aromatic nitrogens is 4. The molecule has 0 aliphatic rings. The Kier molecular flexibility index (Phi) is 5.13. The quantitative estimate of drug-likeness (QED) is 0.524. The van der Waals surface area contributed by atoms with Crippen LogP contribution in [-0.2, 0) is 4.79 Å². The van der Waals surface area contributed by atoms with Crippen LogP contribution in [0, 0.1) is 13.8 Å². The van der Waals surface area contributed by atoms with E-state index < -0.39 is 0 Å². The van der Waals surface area contributed by atoms with Crippen LogP contribution in [0.4, 0.5) is 5.13 Å². The number of nitrogens with zero attached hydrogens (tertiary/aromatic N) is 4. The zero-order valence-corrected chi connectivity index (χ0v) is 17.0. The number of benzene rings is 2. The average molecular weight is 409 g/mol. The summed E-state index contributed by atoms with van der Waals surface area (Å²) >= 11 is 1.23. The molecule has 0 atom stereocenters. The number of aryl methyl sites for hydroxylation is 1. The maximum absolute atomic E-state index is 12.3. The van der Waals surface area contributed by atoms with Gasteiger partial charge in [-0.1, -0.05) is 35.6 Å². The van der Waals surface area contributed by atoms with Gasteiger partial charge in [-0.15, -0.1) is 15.3 Å². The van der Waals surface area contributed by atoms with E-state index in [9.17, 15) is 4.79 Å². The predicted molar refractivity (Wildman–Crippen MR) is 111 cm³/mol. The summed E-state index contributed by atoms with van der Waals surface area (Å²) in [5, 5.41) is 15.9. The van der Waals surface area contributed by atoms with Crippen LogP contribution in [0.1, 0.15) is 11.1 Å². The average Bonchev–Trinajstić information content (AvgIpc) is 3.29. The van der Waals surface area contributed by atoms with Crippen molar-refractivity contribution in [3.63, 3.8) is 0 Å². The third kappa shape index (κ3) is 3.77. The van der Waals surface area contributed by atoms with E-state index in [0.717, 1.165) is 16.7 Å². The summed E-state index contributed by atoms with van der Waals surface area (Å²) in [6.07, 6.45) is 0.